The van der Waals surface area contributed by atoms with Gasteiger partial charge in [0.25, 0.3) is 0 Å². The number of hydrogen-bond acceptors (Lipinski definition) is 5. The van der Waals surface area contributed by atoms with Gasteiger partial charge in [0.1, 0.15) is 5.69 Å². The van der Waals surface area contributed by atoms with E-state index < -0.39 is 11.9 Å². The van der Waals surface area contributed by atoms with Crippen molar-refractivity contribution in [3.63, 3.8) is 0 Å². The second kappa shape index (κ2) is 5.34. The zero-order valence-corrected chi connectivity index (χ0v) is 11.1. The number of nitrogens with two attached hydrogens (primary N) is 1. The fraction of sp³-hybridized carbons (Fsp3) is 0.538. The molecule has 19 heavy (non-hydrogen) atoms. The zero-order chi connectivity index (χ0) is 14.0. The highest BCUT2D eigenvalue weighted by Crippen LogP contribution is 2.37. The van der Waals surface area contributed by atoms with Crippen LogP contribution in [0.5, 0.6) is 0 Å². The van der Waals surface area contributed by atoms with Gasteiger partial charge in [0.05, 0.1) is 11.8 Å². The predicted octanol–water partition coefficient (Wildman–Crippen LogP) is 1.51. The Bertz CT molecular complexity index is 489. The van der Waals surface area contributed by atoms with Crippen LogP contribution in [-0.2, 0) is 14.3 Å². The van der Waals surface area contributed by atoms with Crippen molar-refractivity contribution in [3.05, 3.63) is 18.0 Å². The van der Waals surface area contributed by atoms with Gasteiger partial charge in [-0.1, -0.05) is 0 Å². The summed E-state index contributed by atoms with van der Waals surface area (Å²) in [5, 5.41) is 0. The molecule has 1 fully saturated rings. The molecular weight excluding hydrogens is 248 g/mol. The highest BCUT2D eigenvalue weighted by Gasteiger charge is 2.28. The summed E-state index contributed by atoms with van der Waals surface area (Å²) in [6.45, 7) is 3.09. The van der Waals surface area contributed by atoms with Gasteiger partial charge in [0.2, 0.25) is 0 Å². The van der Waals surface area contributed by atoms with Crippen LogP contribution < -0.4 is 5.73 Å². The first-order valence-corrected chi connectivity index (χ1v) is 6.31. The molecule has 0 aliphatic heterocycles. The molecule has 0 bridgehead atoms. The number of nitrogen functional groups attached to an aromatic ring is 1. The number of ether oxygens (including phenoxy) is 2. The van der Waals surface area contributed by atoms with Crippen LogP contribution in [0.1, 0.15) is 43.2 Å². The number of carbonyl (C=O) groups excluding carboxylic acids is 2. The first-order chi connectivity index (χ1) is 8.97. The van der Waals surface area contributed by atoms with Gasteiger partial charge in [0, 0.05) is 12.2 Å². The van der Waals surface area contributed by atoms with Crippen molar-refractivity contribution >= 4 is 17.6 Å². The van der Waals surface area contributed by atoms with Crippen molar-refractivity contribution in [1.82, 2.24) is 4.57 Å². The minimum absolute atomic E-state index is 0.225. The Balaban J connectivity index is 1.94. The summed E-state index contributed by atoms with van der Waals surface area (Å²) in [6.07, 6.45) is 3.56. The molecule has 0 radical (unpaired) electrons. The number of aromatic nitrogens is 1. The van der Waals surface area contributed by atoms with E-state index in [1.807, 2.05) is 4.57 Å². The quantitative estimate of drug-likeness (QED) is 0.817. The molecule has 0 aromatic carbocycles. The molecule has 1 aromatic heterocycles. The predicted molar refractivity (Wildman–Crippen MR) is 68.6 cm³/mol. The molecule has 2 N–H and O–H groups in total. The molecule has 1 saturated carbocycles. The smallest absolute Gasteiger partial charge is 0.355 e. The van der Waals surface area contributed by atoms with Gasteiger partial charge >= 0.3 is 11.9 Å². The van der Waals surface area contributed by atoms with Crippen molar-refractivity contribution < 1.29 is 19.1 Å². The minimum atomic E-state index is -0.555. The van der Waals surface area contributed by atoms with E-state index >= 15 is 0 Å². The summed E-state index contributed by atoms with van der Waals surface area (Å²) in [7, 11) is 0. The Morgan fingerprint density at radius 2 is 2.16 bits per heavy atom. The van der Waals surface area contributed by atoms with E-state index in [4.69, 9.17) is 15.2 Å². The molecule has 6 nitrogen and oxygen atoms in total. The average Bonchev–Trinajstić information content (AvgIpc) is 3.08. The van der Waals surface area contributed by atoms with Crippen molar-refractivity contribution in [3.8, 4) is 0 Å². The topological polar surface area (TPSA) is 83.6 Å². The van der Waals surface area contributed by atoms with E-state index in [0.717, 1.165) is 12.8 Å². The van der Waals surface area contributed by atoms with Crippen LogP contribution >= 0.6 is 0 Å². The maximum Gasteiger partial charge on any atom is 0.355 e. The van der Waals surface area contributed by atoms with E-state index in [0.29, 0.717) is 17.4 Å². The molecule has 6 heteroatoms. The van der Waals surface area contributed by atoms with Gasteiger partial charge in [-0.15, -0.1) is 0 Å². The van der Waals surface area contributed by atoms with E-state index in [9.17, 15) is 9.59 Å². The largest absolute Gasteiger partial charge is 0.460 e. The fourth-order valence-electron chi connectivity index (χ4n) is 1.81. The van der Waals surface area contributed by atoms with Gasteiger partial charge < -0.3 is 19.8 Å². The first-order valence-electron chi connectivity index (χ1n) is 6.31. The van der Waals surface area contributed by atoms with Gasteiger partial charge in [-0.05, 0) is 32.8 Å². The molecular formula is C13H18N2O4. The lowest BCUT2D eigenvalue weighted by Crippen LogP contribution is -2.20. The van der Waals surface area contributed by atoms with E-state index in [2.05, 4.69) is 0 Å². The van der Waals surface area contributed by atoms with E-state index in [1.54, 1.807) is 26.1 Å². The molecule has 0 spiro atoms. The summed E-state index contributed by atoms with van der Waals surface area (Å²) >= 11 is 0. The molecule has 0 unspecified atom stereocenters. The van der Waals surface area contributed by atoms with Crippen LogP contribution in [0.15, 0.2) is 12.3 Å². The third-order valence-corrected chi connectivity index (χ3v) is 2.71. The third-order valence-electron chi connectivity index (χ3n) is 2.71. The van der Waals surface area contributed by atoms with Crippen LogP contribution in [0, 0.1) is 0 Å². The maximum atomic E-state index is 11.9. The molecule has 2 rings (SSSR count). The van der Waals surface area contributed by atoms with Crippen molar-refractivity contribution in [1.29, 1.82) is 0 Å². The molecule has 1 heterocycles. The number of hydrogen-bond donors (Lipinski definition) is 1. The Hall–Kier alpha value is -1.98. The van der Waals surface area contributed by atoms with Crippen LogP contribution in [0.25, 0.3) is 0 Å². The van der Waals surface area contributed by atoms with Crippen LogP contribution in [0.4, 0.5) is 5.69 Å². The van der Waals surface area contributed by atoms with Gasteiger partial charge in [-0.3, -0.25) is 0 Å². The monoisotopic (exact) mass is 266 g/mol. The van der Waals surface area contributed by atoms with Gasteiger partial charge in [-0.2, -0.15) is 0 Å². The second-order valence-corrected chi connectivity index (χ2v) is 4.91. The normalized spacial score (nSPS) is 14.5. The van der Waals surface area contributed by atoms with Gasteiger partial charge in [-0.25, -0.2) is 9.59 Å². The third kappa shape index (κ3) is 3.49. The molecule has 104 valence electrons. The maximum absolute atomic E-state index is 11.9. The first kappa shape index (κ1) is 13.5. The summed E-state index contributed by atoms with van der Waals surface area (Å²) in [4.78, 5) is 23.2. The lowest BCUT2D eigenvalue weighted by atomic mass is 10.4. The summed E-state index contributed by atoms with van der Waals surface area (Å²) < 4.78 is 11.6. The lowest BCUT2D eigenvalue weighted by Gasteiger charge is -2.09. The van der Waals surface area contributed by atoms with Gasteiger partial charge in [0.15, 0.2) is 6.61 Å². The van der Waals surface area contributed by atoms with Crippen LogP contribution in [-0.4, -0.2) is 29.2 Å². The van der Waals surface area contributed by atoms with E-state index in [-0.39, 0.29) is 12.7 Å². The molecule has 0 saturated heterocycles. The summed E-state index contributed by atoms with van der Waals surface area (Å²) in [5.74, 6) is -1.11. The van der Waals surface area contributed by atoms with Crippen LogP contribution in [0.3, 0.4) is 0 Å². The number of rotatable bonds is 5. The SMILES string of the molecule is CC(C)OC(=O)COC(=O)c1cc(N)cn1C1CC1. The summed E-state index contributed by atoms with van der Waals surface area (Å²) in [5.41, 5.74) is 6.59. The molecule has 1 aliphatic carbocycles. The highest BCUT2D eigenvalue weighted by molar-refractivity contribution is 5.90. The minimum Gasteiger partial charge on any atom is -0.460 e. The van der Waals surface area contributed by atoms with E-state index in [1.165, 1.54) is 0 Å². The standard InChI is InChI=1S/C13H18N2O4/c1-8(2)19-12(16)7-18-13(17)11-5-9(14)6-15(11)10-3-4-10/h5-6,8,10H,3-4,7,14H2,1-2H3. The number of esters is 2. The zero-order valence-electron chi connectivity index (χ0n) is 11.1. The van der Waals surface area contributed by atoms with Crippen molar-refractivity contribution in [2.75, 3.05) is 12.3 Å². The molecule has 1 aromatic rings. The van der Waals surface area contributed by atoms with Crippen LogP contribution in [0.2, 0.25) is 0 Å². The Morgan fingerprint density at radius 1 is 1.47 bits per heavy atom. The molecule has 0 amide bonds. The summed E-state index contributed by atoms with van der Waals surface area (Å²) in [6, 6.07) is 1.89. The fourth-order valence-corrected chi connectivity index (χ4v) is 1.81. The molecule has 1 aliphatic rings. The number of nitrogens with zero attached hydrogens (tertiary/aromatic N) is 1. The number of carbonyl (C=O) groups is 2. The molecule has 0 atom stereocenters. The highest BCUT2D eigenvalue weighted by atomic mass is 16.6. The van der Waals surface area contributed by atoms with Crippen molar-refractivity contribution in [2.45, 2.75) is 38.8 Å². The lowest BCUT2D eigenvalue weighted by molar-refractivity contribution is -0.151. The Labute approximate surface area is 111 Å². The van der Waals surface area contributed by atoms with Crippen molar-refractivity contribution in [2.24, 2.45) is 0 Å². The second-order valence-electron chi connectivity index (χ2n) is 4.91. The Kier molecular flexibility index (Phi) is 3.78. The average molecular weight is 266 g/mol. The Morgan fingerprint density at radius 3 is 2.74 bits per heavy atom. The number of anilines is 1.